The van der Waals surface area contributed by atoms with Gasteiger partial charge in [-0.2, -0.15) is 0 Å². The normalized spacial score (nSPS) is 10.2. The molecule has 4 heteroatoms. The molecular formula is C22H20N2O2. The molecule has 2 N–H and O–H groups in total. The van der Waals surface area contributed by atoms with Gasteiger partial charge in [0, 0.05) is 22.5 Å². The Kier molecular flexibility index (Phi) is 5.13. The molecule has 0 aromatic heterocycles. The van der Waals surface area contributed by atoms with E-state index in [4.69, 9.17) is 0 Å². The summed E-state index contributed by atoms with van der Waals surface area (Å²) in [6.45, 7) is 3.95. The third-order valence-corrected chi connectivity index (χ3v) is 3.99. The van der Waals surface area contributed by atoms with Gasteiger partial charge in [-0.15, -0.1) is 0 Å². The van der Waals surface area contributed by atoms with Crippen LogP contribution in [-0.2, 0) is 0 Å². The summed E-state index contributed by atoms with van der Waals surface area (Å²) in [5, 5.41) is 5.69. The van der Waals surface area contributed by atoms with E-state index in [1.165, 1.54) is 0 Å². The average molecular weight is 344 g/mol. The second-order valence-corrected chi connectivity index (χ2v) is 6.22. The van der Waals surface area contributed by atoms with Crippen LogP contribution in [0.4, 0.5) is 11.4 Å². The molecule has 0 unspecified atom stereocenters. The molecular weight excluding hydrogens is 324 g/mol. The number of carbonyl (C=O) groups is 2. The second kappa shape index (κ2) is 7.66. The molecule has 3 rings (SSSR count). The van der Waals surface area contributed by atoms with Crippen molar-refractivity contribution in [2.45, 2.75) is 13.8 Å². The third kappa shape index (κ3) is 4.36. The van der Waals surface area contributed by atoms with Crippen molar-refractivity contribution in [2.24, 2.45) is 0 Å². The van der Waals surface area contributed by atoms with Crippen molar-refractivity contribution < 1.29 is 9.59 Å². The maximum Gasteiger partial charge on any atom is 0.255 e. The van der Waals surface area contributed by atoms with Crippen molar-refractivity contribution >= 4 is 23.2 Å². The fraction of sp³-hybridized carbons (Fsp3) is 0.0909. The zero-order valence-corrected chi connectivity index (χ0v) is 14.7. The van der Waals surface area contributed by atoms with E-state index in [0.717, 1.165) is 16.8 Å². The first kappa shape index (κ1) is 17.4. The second-order valence-electron chi connectivity index (χ2n) is 6.22. The standard InChI is InChI=1S/C22H20N2O2/c1-15-6-8-17(9-7-15)21(25)23-19-12-10-18(11-13-19)22(26)24-20-5-3-4-16(2)14-20/h3-14H,1-2H3,(H,23,25)(H,24,26). The molecule has 0 saturated heterocycles. The number of aryl methyl sites for hydroxylation is 2. The Morgan fingerprint density at radius 1 is 0.615 bits per heavy atom. The summed E-state index contributed by atoms with van der Waals surface area (Å²) in [6, 6.07) is 21.8. The molecule has 0 aliphatic rings. The van der Waals surface area contributed by atoms with Crippen molar-refractivity contribution in [3.05, 3.63) is 95.1 Å². The molecule has 3 aromatic rings. The Morgan fingerprint density at radius 2 is 1.15 bits per heavy atom. The maximum atomic E-state index is 12.3. The van der Waals surface area contributed by atoms with Crippen molar-refractivity contribution in [2.75, 3.05) is 10.6 Å². The fourth-order valence-corrected chi connectivity index (χ4v) is 2.54. The van der Waals surface area contributed by atoms with Gasteiger partial charge >= 0.3 is 0 Å². The monoisotopic (exact) mass is 344 g/mol. The Morgan fingerprint density at radius 3 is 1.73 bits per heavy atom. The number of nitrogens with one attached hydrogen (secondary N) is 2. The Bertz CT molecular complexity index is 929. The zero-order chi connectivity index (χ0) is 18.5. The molecule has 0 fully saturated rings. The van der Waals surface area contributed by atoms with E-state index in [9.17, 15) is 9.59 Å². The van der Waals surface area contributed by atoms with Crippen LogP contribution in [0.5, 0.6) is 0 Å². The van der Waals surface area contributed by atoms with Crippen LogP contribution < -0.4 is 10.6 Å². The largest absolute Gasteiger partial charge is 0.322 e. The minimum Gasteiger partial charge on any atom is -0.322 e. The van der Waals surface area contributed by atoms with Crippen molar-refractivity contribution in [3.63, 3.8) is 0 Å². The molecule has 0 saturated carbocycles. The molecule has 26 heavy (non-hydrogen) atoms. The molecule has 130 valence electrons. The molecule has 0 spiro atoms. The summed E-state index contributed by atoms with van der Waals surface area (Å²) >= 11 is 0. The summed E-state index contributed by atoms with van der Waals surface area (Å²) in [5.41, 5.74) is 4.70. The first-order valence-electron chi connectivity index (χ1n) is 8.37. The lowest BCUT2D eigenvalue weighted by Crippen LogP contribution is -2.13. The highest BCUT2D eigenvalue weighted by atomic mass is 16.2. The topological polar surface area (TPSA) is 58.2 Å². The third-order valence-electron chi connectivity index (χ3n) is 3.99. The van der Waals surface area contributed by atoms with Gasteiger partial charge in [0.1, 0.15) is 0 Å². The predicted octanol–water partition coefficient (Wildman–Crippen LogP) is 4.81. The molecule has 0 heterocycles. The minimum absolute atomic E-state index is 0.179. The van der Waals surface area contributed by atoms with Crippen molar-refractivity contribution in [1.82, 2.24) is 0 Å². The van der Waals surface area contributed by atoms with Crippen LogP contribution in [0.3, 0.4) is 0 Å². The molecule has 0 atom stereocenters. The van der Waals surface area contributed by atoms with Crippen LogP contribution >= 0.6 is 0 Å². The Hall–Kier alpha value is -3.40. The minimum atomic E-state index is -0.188. The summed E-state index contributed by atoms with van der Waals surface area (Å²) < 4.78 is 0. The van der Waals surface area contributed by atoms with Gasteiger partial charge in [-0.25, -0.2) is 0 Å². The van der Waals surface area contributed by atoms with Gasteiger partial charge < -0.3 is 10.6 Å². The average Bonchev–Trinajstić information content (AvgIpc) is 2.63. The lowest BCUT2D eigenvalue weighted by molar-refractivity contribution is 0.102. The van der Waals surface area contributed by atoms with Crippen LogP contribution in [0, 0.1) is 13.8 Å². The molecule has 0 bridgehead atoms. The summed E-state index contributed by atoms with van der Waals surface area (Å²) in [5.74, 6) is -0.367. The highest BCUT2D eigenvalue weighted by Crippen LogP contribution is 2.15. The van der Waals surface area contributed by atoms with E-state index < -0.39 is 0 Å². The molecule has 0 aliphatic heterocycles. The zero-order valence-electron chi connectivity index (χ0n) is 14.7. The summed E-state index contributed by atoms with van der Waals surface area (Å²) in [4.78, 5) is 24.5. The van der Waals surface area contributed by atoms with Gasteiger partial charge in [0.15, 0.2) is 0 Å². The van der Waals surface area contributed by atoms with E-state index in [0.29, 0.717) is 16.8 Å². The van der Waals surface area contributed by atoms with Gasteiger partial charge in [0.05, 0.1) is 0 Å². The van der Waals surface area contributed by atoms with Crippen LogP contribution in [0.2, 0.25) is 0 Å². The molecule has 4 nitrogen and oxygen atoms in total. The first-order chi connectivity index (χ1) is 12.5. The maximum absolute atomic E-state index is 12.3. The number of carbonyl (C=O) groups excluding carboxylic acids is 2. The van der Waals surface area contributed by atoms with Crippen LogP contribution in [0.25, 0.3) is 0 Å². The van der Waals surface area contributed by atoms with E-state index in [1.807, 2.05) is 50.2 Å². The Labute approximate surface area is 152 Å². The van der Waals surface area contributed by atoms with E-state index in [2.05, 4.69) is 10.6 Å². The number of hydrogen-bond acceptors (Lipinski definition) is 2. The number of anilines is 2. The van der Waals surface area contributed by atoms with Gasteiger partial charge in [-0.3, -0.25) is 9.59 Å². The van der Waals surface area contributed by atoms with E-state index in [1.54, 1.807) is 36.4 Å². The molecule has 3 aromatic carbocycles. The molecule has 2 amide bonds. The van der Waals surface area contributed by atoms with Crippen molar-refractivity contribution in [1.29, 1.82) is 0 Å². The van der Waals surface area contributed by atoms with Crippen LogP contribution in [0.15, 0.2) is 72.8 Å². The number of amides is 2. The number of benzene rings is 3. The highest BCUT2D eigenvalue weighted by molar-refractivity contribution is 6.06. The number of hydrogen-bond donors (Lipinski definition) is 2. The highest BCUT2D eigenvalue weighted by Gasteiger charge is 2.08. The van der Waals surface area contributed by atoms with E-state index in [-0.39, 0.29) is 11.8 Å². The van der Waals surface area contributed by atoms with Gasteiger partial charge in [-0.05, 0) is 67.9 Å². The smallest absolute Gasteiger partial charge is 0.255 e. The van der Waals surface area contributed by atoms with Gasteiger partial charge in [0.2, 0.25) is 0 Å². The van der Waals surface area contributed by atoms with E-state index >= 15 is 0 Å². The lowest BCUT2D eigenvalue weighted by atomic mass is 10.1. The Balaban J connectivity index is 1.65. The summed E-state index contributed by atoms with van der Waals surface area (Å²) in [7, 11) is 0. The van der Waals surface area contributed by atoms with Gasteiger partial charge in [0.25, 0.3) is 11.8 Å². The SMILES string of the molecule is Cc1ccc(C(=O)Nc2ccc(C(=O)Nc3cccc(C)c3)cc2)cc1. The fourth-order valence-electron chi connectivity index (χ4n) is 2.54. The van der Waals surface area contributed by atoms with Crippen molar-refractivity contribution in [3.8, 4) is 0 Å². The molecule has 0 radical (unpaired) electrons. The first-order valence-corrected chi connectivity index (χ1v) is 8.37. The predicted molar refractivity (Wildman–Crippen MR) is 105 cm³/mol. The van der Waals surface area contributed by atoms with Gasteiger partial charge in [-0.1, -0.05) is 29.8 Å². The quantitative estimate of drug-likeness (QED) is 0.714. The lowest BCUT2D eigenvalue weighted by Gasteiger charge is -2.08. The molecule has 0 aliphatic carbocycles. The number of rotatable bonds is 4. The van der Waals surface area contributed by atoms with Crippen LogP contribution in [-0.4, -0.2) is 11.8 Å². The summed E-state index contributed by atoms with van der Waals surface area (Å²) in [6.07, 6.45) is 0. The van der Waals surface area contributed by atoms with Crippen LogP contribution in [0.1, 0.15) is 31.8 Å².